The van der Waals surface area contributed by atoms with Gasteiger partial charge in [0.1, 0.15) is 0 Å². The molecule has 4 nitrogen and oxygen atoms in total. The van der Waals surface area contributed by atoms with Gasteiger partial charge in [-0.05, 0) is 91.8 Å². The molecule has 0 spiro atoms. The summed E-state index contributed by atoms with van der Waals surface area (Å²) in [6, 6.07) is 0. The van der Waals surface area contributed by atoms with E-state index in [-0.39, 0.29) is 6.10 Å². The summed E-state index contributed by atoms with van der Waals surface area (Å²) in [5.41, 5.74) is 2.20. The fourth-order valence-electron chi connectivity index (χ4n) is 8.01. The molecule has 0 aromatic heterocycles. The number of aliphatic hydroxyl groups is 1. The zero-order valence-corrected chi connectivity index (χ0v) is 17.2. The second-order valence-electron chi connectivity index (χ2n) is 10.5. The highest BCUT2D eigenvalue weighted by molar-refractivity contribution is 5.64. The second-order valence-corrected chi connectivity index (χ2v) is 10.5. The summed E-state index contributed by atoms with van der Waals surface area (Å²) in [5, 5.41) is 21.7. The SMILES string of the molecule is C[C@H](CNC(=O)O)[C@H]1CC[C@H]2[C@@H]3CC=C4C[C@@H](O)CC[C@]4(C)[C@H]3CC[C@]12C. The van der Waals surface area contributed by atoms with Crippen LogP contribution in [0, 0.1) is 40.4 Å². The Labute approximate surface area is 163 Å². The van der Waals surface area contributed by atoms with Crippen molar-refractivity contribution in [2.75, 3.05) is 6.54 Å². The van der Waals surface area contributed by atoms with Crippen LogP contribution in [0.5, 0.6) is 0 Å². The lowest BCUT2D eigenvalue weighted by Gasteiger charge is -2.58. The molecular formula is C23H37NO3. The van der Waals surface area contributed by atoms with E-state index in [0.29, 0.717) is 29.2 Å². The van der Waals surface area contributed by atoms with Crippen molar-refractivity contribution in [1.29, 1.82) is 0 Å². The molecule has 4 aliphatic carbocycles. The molecule has 0 bridgehead atoms. The molecule has 0 radical (unpaired) electrons. The fraction of sp³-hybridized carbons (Fsp3) is 0.870. The minimum atomic E-state index is -0.900. The highest BCUT2D eigenvalue weighted by Gasteiger charge is 2.59. The van der Waals surface area contributed by atoms with Crippen LogP contribution in [0.3, 0.4) is 0 Å². The molecule has 4 heteroatoms. The lowest BCUT2D eigenvalue weighted by Crippen LogP contribution is -2.51. The van der Waals surface area contributed by atoms with Crippen molar-refractivity contribution in [2.45, 2.75) is 78.2 Å². The van der Waals surface area contributed by atoms with Crippen LogP contribution in [0.1, 0.15) is 72.1 Å². The Bertz CT molecular complexity index is 631. The summed E-state index contributed by atoms with van der Waals surface area (Å²) in [5.74, 6) is 3.35. The average Bonchev–Trinajstić information content (AvgIpc) is 2.97. The molecule has 0 aromatic rings. The highest BCUT2D eigenvalue weighted by atomic mass is 16.4. The predicted molar refractivity (Wildman–Crippen MR) is 106 cm³/mol. The number of carboxylic acid groups (broad SMARTS) is 1. The zero-order chi connectivity index (χ0) is 19.4. The Morgan fingerprint density at radius 1 is 1.22 bits per heavy atom. The molecular weight excluding hydrogens is 338 g/mol. The van der Waals surface area contributed by atoms with Crippen LogP contribution in [0.2, 0.25) is 0 Å². The largest absolute Gasteiger partial charge is 0.465 e. The summed E-state index contributed by atoms with van der Waals surface area (Å²) in [7, 11) is 0. The van der Waals surface area contributed by atoms with Crippen molar-refractivity contribution in [2.24, 2.45) is 40.4 Å². The van der Waals surface area contributed by atoms with E-state index in [4.69, 9.17) is 5.11 Å². The molecule has 3 fully saturated rings. The van der Waals surface area contributed by atoms with Crippen LogP contribution in [-0.2, 0) is 0 Å². The van der Waals surface area contributed by atoms with E-state index in [1.54, 1.807) is 5.57 Å². The minimum absolute atomic E-state index is 0.131. The van der Waals surface area contributed by atoms with E-state index < -0.39 is 6.09 Å². The molecule has 4 aliphatic rings. The smallest absolute Gasteiger partial charge is 0.404 e. The molecule has 3 N–H and O–H groups in total. The molecule has 1 amide bonds. The summed E-state index contributed by atoms with van der Waals surface area (Å²) in [6.07, 6.45) is 10.8. The van der Waals surface area contributed by atoms with Crippen molar-refractivity contribution >= 4 is 6.09 Å². The van der Waals surface area contributed by atoms with Gasteiger partial charge in [0.2, 0.25) is 0 Å². The van der Waals surface area contributed by atoms with Gasteiger partial charge in [-0.25, -0.2) is 4.79 Å². The molecule has 0 aromatic carbocycles. The van der Waals surface area contributed by atoms with Gasteiger partial charge in [0.05, 0.1) is 6.10 Å². The van der Waals surface area contributed by atoms with E-state index in [1.807, 2.05) is 0 Å². The Morgan fingerprint density at radius 2 is 2.00 bits per heavy atom. The van der Waals surface area contributed by atoms with Gasteiger partial charge in [0.25, 0.3) is 0 Å². The first-order valence-electron chi connectivity index (χ1n) is 11.1. The van der Waals surface area contributed by atoms with Crippen LogP contribution >= 0.6 is 0 Å². The first-order chi connectivity index (χ1) is 12.8. The molecule has 0 aliphatic heterocycles. The van der Waals surface area contributed by atoms with Gasteiger partial charge in [-0.1, -0.05) is 32.4 Å². The number of amides is 1. The monoisotopic (exact) mass is 375 g/mol. The Morgan fingerprint density at radius 3 is 2.74 bits per heavy atom. The summed E-state index contributed by atoms with van der Waals surface area (Å²) in [4.78, 5) is 10.9. The Balaban J connectivity index is 1.54. The molecule has 0 unspecified atom stereocenters. The number of fused-ring (bicyclic) bond motifs is 5. The average molecular weight is 376 g/mol. The standard InChI is InChI=1S/C23H37NO3/c1-14(13-24-21(26)27)18-6-7-19-17-5-4-15-12-16(25)8-10-22(15,2)20(17)9-11-23(18,19)3/h4,14,16-20,24-25H,5-13H2,1-3H3,(H,26,27)/t14-,16+,17+,18-,19+,20+,22+,23-/m1/s1. The van der Waals surface area contributed by atoms with Gasteiger partial charge in [0, 0.05) is 6.54 Å². The number of aliphatic hydroxyl groups excluding tert-OH is 1. The molecule has 27 heavy (non-hydrogen) atoms. The van der Waals surface area contributed by atoms with E-state index in [2.05, 4.69) is 32.2 Å². The van der Waals surface area contributed by atoms with E-state index in [9.17, 15) is 9.90 Å². The molecule has 4 rings (SSSR count). The van der Waals surface area contributed by atoms with Crippen molar-refractivity contribution in [3.63, 3.8) is 0 Å². The molecule has 0 saturated heterocycles. The first kappa shape index (κ1) is 19.3. The van der Waals surface area contributed by atoms with Gasteiger partial charge in [0.15, 0.2) is 0 Å². The third-order valence-corrected chi connectivity index (χ3v) is 9.41. The summed E-state index contributed by atoms with van der Waals surface area (Å²) in [6.45, 7) is 7.81. The van der Waals surface area contributed by atoms with Crippen LogP contribution in [0.4, 0.5) is 4.79 Å². The number of hydrogen-bond donors (Lipinski definition) is 3. The summed E-state index contributed by atoms with van der Waals surface area (Å²) >= 11 is 0. The topological polar surface area (TPSA) is 69.6 Å². The van der Waals surface area contributed by atoms with Crippen molar-refractivity contribution in [3.8, 4) is 0 Å². The third-order valence-electron chi connectivity index (χ3n) is 9.41. The number of carbonyl (C=O) groups is 1. The van der Waals surface area contributed by atoms with Gasteiger partial charge in [-0.2, -0.15) is 0 Å². The zero-order valence-electron chi connectivity index (χ0n) is 17.2. The van der Waals surface area contributed by atoms with E-state index >= 15 is 0 Å². The number of nitrogens with one attached hydrogen (secondary N) is 1. The lowest BCUT2D eigenvalue weighted by molar-refractivity contribution is -0.0564. The van der Waals surface area contributed by atoms with Gasteiger partial charge in [-0.15, -0.1) is 0 Å². The van der Waals surface area contributed by atoms with Gasteiger partial charge < -0.3 is 15.5 Å². The van der Waals surface area contributed by atoms with Crippen molar-refractivity contribution < 1.29 is 15.0 Å². The van der Waals surface area contributed by atoms with Gasteiger partial charge >= 0.3 is 6.09 Å². The van der Waals surface area contributed by atoms with Crippen LogP contribution in [-0.4, -0.2) is 29.0 Å². The van der Waals surface area contributed by atoms with E-state index in [0.717, 1.165) is 37.0 Å². The maximum absolute atomic E-state index is 10.9. The van der Waals surface area contributed by atoms with Crippen molar-refractivity contribution in [3.05, 3.63) is 11.6 Å². The maximum atomic E-state index is 10.9. The maximum Gasteiger partial charge on any atom is 0.404 e. The summed E-state index contributed by atoms with van der Waals surface area (Å²) < 4.78 is 0. The quantitative estimate of drug-likeness (QED) is 0.619. The predicted octanol–water partition coefficient (Wildman–Crippen LogP) is 4.83. The second kappa shape index (κ2) is 6.79. The molecule has 3 saturated carbocycles. The number of hydrogen-bond acceptors (Lipinski definition) is 2. The van der Waals surface area contributed by atoms with Gasteiger partial charge in [-0.3, -0.25) is 0 Å². The van der Waals surface area contributed by atoms with Crippen LogP contribution < -0.4 is 5.32 Å². The Kier molecular flexibility index (Phi) is 4.85. The molecule has 8 atom stereocenters. The molecule has 0 heterocycles. The normalized spacial score (nSPS) is 47.3. The third kappa shape index (κ3) is 3.03. The van der Waals surface area contributed by atoms with Crippen LogP contribution in [0.25, 0.3) is 0 Å². The van der Waals surface area contributed by atoms with Crippen molar-refractivity contribution in [1.82, 2.24) is 5.32 Å². The minimum Gasteiger partial charge on any atom is -0.465 e. The first-order valence-corrected chi connectivity index (χ1v) is 11.1. The molecule has 152 valence electrons. The fourth-order valence-corrected chi connectivity index (χ4v) is 8.01. The number of rotatable bonds is 3. The Hall–Kier alpha value is -1.03. The number of allylic oxidation sites excluding steroid dienone is 1. The van der Waals surface area contributed by atoms with E-state index in [1.165, 1.54) is 32.1 Å². The highest BCUT2D eigenvalue weighted by Crippen LogP contribution is 2.67. The van der Waals surface area contributed by atoms with Crippen LogP contribution in [0.15, 0.2) is 11.6 Å². The lowest BCUT2D eigenvalue weighted by atomic mass is 9.47.